The van der Waals surface area contributed by atoms with Crippen molar-refractivity contribution in [1.82, 2.24) is 5.32 Å². The van der Waals surface area contributed by atoms with E-state index in [9.17, 15) is 15.6 Å². The van der Waals surface area contributed by atoms with Crippen molar-refractivity contribution in [3.63, 3.8) is 0 Å². The zero-order chi connectivity index (χ0) is 17.1. The Morgan fingerprint density at radius 3 is 2.12 bits per heavy atom. The molecule has 0 radical (unpaired) electrons. The standard InChI is InChI=1S/C20H15N3O/c1-13-17(11-21)19(14-7-9-16(24)10-8-14)18(12-22)20(23-13)15-5-3-2-4-6-15/h2-10,19,23-24H,1H3. The topological polar surface area (TPSA) is 79.8 Å². The van der Waals surface area contributed by atoms with Gasteiger partial charge in [0, 0.05) is 5.70 Å². The number of nitriles is 2. The van der Waals surface area contributed by atoms with Crippen LogP contribution in [0.3, 0.4) is 0 Å². The van der Waals surface area contributed by atoms with Gasteiger partial charge in [0.05, 0.1) is 34.9 Å². The number of hydrogen-bond donors (Lipinski definition) is 2. The molecule has 0 amide bonds. The van der Waals surface area contributed by atoms with Crippen molar-refractivity contribution in [2.24, 2.45) is 0 Å². The van der Waals surface area contributed by atoms with Crippen LogP contribution >= 0.6 is 0 Å². The van der Waals surface area contributed by atoms with Gasteiger partial charge in [-0.1, -0.05) is 42.5 Å². The van der Waals surface area contributed by atoms with Gasteiger partial charge in [-0.3, -0.25) is 0 Å². The Bertz CT molecular complexity index is 910. The second kappa shape index (κ2) is 6.32. The monoisotopic (exact) mass is 313 g/mol. The molecule has 2 aromatic rings. The molecule has 1 aliphatic heterocycles. The lowest BCUT2D eigenvalue weighted by atomic mass is 9.80. The van der Waals surface area contributed by atoms with Crippen molar-refractivity contribution in [3.05, 3.63) is 82.6 Å². The lowest BCUT2D eigenvalue weighted by molar-refractivity contribution is 0.475. The molecule has 2 aromatic carbocycles. The number of nitrogens with zero attached hydrogens (tertiary/aromatic N) is 2. The molecule has 116 valence electrons. The molecule has 0 bridgehead atoms. The number of allylic oxidation sites excluding steroid dienone is 3. The van der Waals surface area contributed by atoms with E-state index in [1.165, 1.54) is 0 Å². The van der Waals surface area contributed by atoms with Crippen LogP contribution in [0.25, 0.3) is 5.70 Å². The summed E-state index contributed by atoms with van der Waals surface area (Å²) in [5.74, 6) is -0.297. The number of hydrogen-bond acceptors (Lipinski definition) is 4. The molecule has 1 aliphatic rings. The largest absolute Gasteiger partial charge is 0.508 e. The van der Waals surface area contributed by atoms with Crippen LogP contribution in [-0.2, 0) is 0 Å². The Balaban J connectivity index is 2.22. The van der Waals surface area contributed by atoms with Crippen LogP contribution in [0.5, 0.6) is 5.75 Å². The summed E-state index contributed by atoms with van der Waals surface area (Å²) in [5, 5.41) is 32.1. The lowest BCUT2D eigenvalue weighted by Gasteiger charge is -2.28. The highest BCUT2D eigenvalue weighted by molar-refractivity contribution is 5.77. The average molecular weight is 313 g/mol. The Hall–Kier alpha value is -3.50. The normalized spacial score (nSPS) is 17.0. The molecular formula is C20H15N3O. The third kappa shape index (κ3) is 2.62. The van der Waals surface area contributed by atoms with Gasteiger partial charge < -0.3 is 10.4 Å². The highest BCUT2D eigenvalue weighted by Crippen LogP contribution is 2.40. The molecule has 0 saturated heterocycles. The number of benzene rings is 2. The first kappa shape index (κ1) is 15.4. The van der Waals surface area contributed by atoms with Gasteiger partial charge in [-0.05, 0) is 30.2 Å². The Labute approximate surface area is 140 Å². The lowest BCUT2D eigenvalue weighted by Crippen LogP contribution is -2.24. The third-order valence-corrected chi connectivity index (χ3v) is 4.09. The van der Waals surface area contributed by atoms with Crippen LogP contribution < -0.4 is 5.32 Å². The third-order valence-electron chi connectivity index (χ3n) is 4.09. The molecule has 24 heavy (non-hydrogen) atoms. The fourth-order valence-electron chi connectivity index (χ4n) is 2.93. The van der Waals surface area contributed by atoms with Crippen LogP contribution in [0.1, 0.15) is 24.0 Å². The SMILES string of the molecule is CC1=C(C#N)C(c2ccc(O)cc2)C(C#N)=C(c2ccccc2)N1. The summed E-state index contributed by atoms with van der Waals surface area (Å²) in [6.07, 6.45) is 0. The number of aromatic hydroxyl groups is 1. The fraction of sp³-hybridized carbons (Fsp3) is 0.100. The molecule has 0 aromatic heterocycles. The molecule has 0 spiro atoms. The summed E-state index contributed by atoms with van der Waals surface area (Å²) >= 11 is 0. The molecule has 2 N–H and O–H groups in total. The summed E-state index contributed by atoms with van der Waals surface area (Å²) in [4.78, 5) is 0. The van der Waals surface area contributed by atoms with E-state index in [0.717, 1.165) is 16.8 Å². The second-order valence-electron chi connectivity index (χ2n) is 5.57. The Morgan fingerprint density at radius 1 is 0.917 bits per heavy atom. The maximum Gasteiger partial charge on any atom is 0.115 e. The van der Waals surface area contributed by atoms with E-state index in [0.29, 0.717) is 16.8 Å². The molecule has 3 rings (SSSR count). The molecule has 1 atom stereocenters. The van der Waals surface area contributed by atoms with Gasteiger partial charge in [-0.15, -0.1) is 0 Å². The van der Waals surface area contributed by atoms with Gasteiger partial charge in [-0.2, -0.15) is 10.5 Å². The zero-order valence-electron chi connectivity index (χ0n) is 13.1. The molecular weight excluding hydrogens is 298 g/mol. The smallest absolute Gasteiger partial charge is 0.115 e. The van der Waals surface area contributed by atoms with Crippen molar-refractivity contribution in [3.8, 4) is 17.9 Å². The zero-order valence-corrected chi connectivity index (χ0v) is 13.1. The number of phenolic OH excluding ortho intramolecular Hbond substituents is 1. The number of phenols is 1. The first-order chi connectivity index (χ1) is 11.7. The minimum atomic E-state index is -0.447. The molecule has 0 fully saturated rings. The quantitative estimate of drug-likeness (QED) is 0.883. The number of nitrogens with one attached hydrogen (secondary N) is 1. The van der Waals surface area contributed by atoms with Crippen molar-refractivity contribution in [1.29, 1.82) is 10.5 Å². The molecule has 1 unspecified atom stereocenters. The van der Waals surface area contributed by atoms with Gasteiger partial charge >= 0.3 is 0 Å². The maximum absolute atomic E-state index is 9.78. The summed E-state index contributed by atoms with van der Waals surface area (Å²) in [7, 11) is 0. The van der Waals surface area contributed by atoms with Crippen LogP contribution in [0.2, 0.25) is 0 Å². The van der Waals surface area contributed by atoms with Crippen LogP contribution in [0.4, 0.5) is 0 Å². The number of rotatable bonds is 2. The van der Waals surface area contributed by atoms with Crippen molar-refractivity contribution in [2.75, 3.05) is 0 Å². The van der Waals surface area contributed by atoms with Crippen LogP contribution in [-0.4, -0.2) is 5.11 Å². The minimum absolute atomic E-state index is 0.151. The predicted octanol–water partition coefficient (Wildman–Crippen LogP) is 3.81. The van der Waals surface area contributed by atoms with Crippen molar-refractivity contribution < 1.29 is 5.11 Å². The van der Waals surface area contributed by atoms with E-state index >= 15 is 0 Å². The summed E-state index contributed by atoms with van der Waals surface area (Å²) < 4.78 is 0. The first-order valence-corrected chi connectivity index (χ1v) is 7.52. The summed E-state index contributed by atoms with van der Waals surface area (Å²) in [6.45, 7) is 1.84. The minimum Gasteiger partial charge on any atom is -0.508 e. The highest BCUT2D eigenvalue weighted by Gasteiger charge is 2.31. The molecule has 1 heterocycles. The van der Waals surface area contributed by atoms with E-state index in [2.05, 4.69) is 17.5 Å². The highest BCUT2D eigenvalue weighted by atomic mass is 16.3. The first-order valence-electron chi connectivity index (χ1n) is 7.52. The summed E-state index contributed by atoms with van der Waals surface area (Å²) in [6, 6.07) is 20.7. The number of dihydropyridines is 1. The van der Waals surface area contributed by atoms with Crippen molar-refractivity contribution in [2.45, 2.75) is 12.8 Å². The average Bonchev–Trinajstić information content (AvgIpc) is 2.62. The van der Waals surface area contributed by atoms with Gasteiger partial charge in [0.2, 0.25) is 0 Å². The Morgan fingerprint density at radius 2 is 1.54 bits per heavy atom. The van der Waals surface area contributed by atoms with Gasteiger partial charge in [0.25, 0.3) is 0 Å². The van der Waals surface area contributed by atoms with Crippen LogP contribution in [0, 0.1) is 22.7 Å². The van der Waals surface area contributed by atoms with E-state index in [1.807, 2.05) is 37.3 Å². The maximum atomic E-state index is 9.78. The van der Waals surface area contributed by atoms with Crippen molar-refractivity contribution >= 4 is 5.70 Å². The van der Waals surface area contributed by atoms with Crippen LogP contribution in [0.15, 0.2) is 71.4 Å². The fourth-order valence-corrected chi connectivity index (χ4v) is 2.93. The predicted molar refractivity (Wildman–Crippen MR) is 91.3 cm³/mol. The van der Waals surface area contributed by atoms with Gasteiger partial charge in [-0.25, -0.2) is 0 Å². The van der Waals surface area contributed by atoms with E-state index in [-0.39, 0.29) is 5.75 Å². The van der Waals surface area contributed by atoms with E-state index in [1.54, 1.807) is 24.3 Å². The molecule has 0 saturated carbocycles. The Kier molecular flexibility index (Phi) is 4.05. The molecule has 4 heteroatoms. The van der Waals surface area contributed by atoms with E-state index in [4.69, 9.17) is 0 Å². The summed E-state index contributed by atoms with van der Waals surface area (Å²) in [5.41, 5.74) is 4.15. The second-order valence-corrected chi connectivity index (χ2v) is 5.57. The molecule has 4 nitrogen and oxygen atoms in total. The van der Waals surface area contributed by atoms with Gasteiger partial charge in [0.1, 0.15) is 5.75 Å². The van der Waals surface area contributed by atoms with E-state index < -0.39 is 5.92 Å². The van der Waals surface area contributed by atoms with Gasteiger partial charge in [0.15, 0.2) is 0 Å². The molecule has 0 aliphatic carbocycles.